The molecule has 4 N–H and O–H groups in total. The van der Waals surface area contributed by atoms with Gasteiger partial charge in [0, 0.05) is 20.6 Å². The number of carbonyl (C=O) groups excluding carboxylic acids is 1. The van der Waals surface area contributed by atoms with E-state index >= 15 is 0 Å². The van der Waals surface area contributed by atoms with Gasteiger partial charge in [-0.15, -0.1) is 11.3 Å². The van der Waals surface area contributed by atoms with Gasteiger partial charge in [-0.05, 0) is 42.1 Å². The van der Waals surface area contributed by atoms with Crippen molar-refractivity contribution in [3.63, 3.8) is 0 Å². The van der Waals surface area contributed by atoms with Crippen molar-refractivity contribution < 1.29 is 9.78 Å². The van der Waals surface area contributed by atoms with E-state index in [4.69, 9.17) is 5.73 Å². The molecule has 2 aromatic heterocycles. The number of rotatable bonds is 5. The van der Waals surface area contributed by atoms with Gasteiger partial charge in [-0.1, -0.05) is 33.8 Å². The molecule has 3 rings (SSSR count). The van der Waals surface area contributed by atoms with Gasteiger partial charge >= 0.3 is 0 Å². The van der Waals surface area contributed by atoms with Crippen LogP contribution in [-0.2, 0) is 4.79 Å². The molecular formula is C20H15BrN5OS2+. The summed E-state index contributed by atoms with van der Waals surface area (Å²) in [5.41, 5.74) is 8.70. The molecule has 1 amide bonds. The molecule has 144 valence electrons. The number of nitrogens with zero attached hydrogens (tertiary/aromatic N) is 2. The molecule has 2 heterocycles. The molecule has 0 aliphatic rings. The third-order valence-electron chi connectivity index (χ3n) is 4.05. The normalized spacial score (nSPS) is 10.2. The molecule has 0 aliphatic carbocycles. The number of hydrogen-bond donors (Lipinski definition) is 2. The van der Waals surface area contributed by atoms with E-state index in [-0.39, 0.29) is 23.0 Å². The number of nitrogens with two attached hydrogens (primary N) is 1. The number of hydrogen-bond acceptors (Lipinski definition) is 6. The highest BCUT2D eigenvalue weighted by molar-refractivity contribution is 9.10. The van der Waals surface area contributed by atoms with Gasteiger partial charge in [-0.25, -0.2) is 4.98 Å². The fourth-order valence-corrected chi connectivity index (χ4v) is 4.79. The van der Waals surface area contributed by atoms with Gasteiger partial charge in [0.2, 0.25) is 5.91 Å². The first kappa shape index (κ1) is 20.9. The molecule has 1 aromatic carbocycles. The van der Waals surface area contributed by atoms with Crippen LogP contribution in [0.15, 0.2) is 45.2 Å². The summed E-state index contributed by atoms with van der Waals surface area (Å²) >= 11 is 5.98. The standard InChI is InChI=1S/C20H14BrN5OS2/c1-11-7-12(21)4-5-15(11)25-17(27)10-29-20-14(9-23)18(16-3-2-6-28-16)13(8-22)19(24)26-20/h2-7H,10H2,1H3,(H2,24,26)(H,25,27)/p+1. The van der Waals surface area contributed by atoms with Crippen LogP contribution >= 0.6 is 39.0 Å². The number of anilines is 2. The maximum absolute atomic E-state index is 12.4. The van der Waals surface area contributed by atoms with Crippen molar-refractivity contribution in [3.05, 3.63) is 56.9 Å². The molecule has 3 aromatic rings. The lowest BCUT2D eigenvalue weighted by atomic mass is 10.0. The molecule has 6 nitrogen and oxygen atoms in total. The van der Waals surface area contributed by atoms with Crippen molar-refractivity contribution in [1.29, 1.82) is 10.5 Å². The Labute approximate surface area is 184 Å². The Bertz CT molecular complexity index is 1160. The van der Waals surface area contributed by atoms with Crippen molar-refractivity contribution in [3.8, 4) is 22.6 Å². The maximum Gasteiger partial charge on any atom is 0.289 e. The summed E-state index contributed by atoms with van der Waals surface area (Å²) in [6.45, 7) is 1.91. The molecule has 0 spiro atoms. The minimum atomic E-state index is -0.210. The second kappa shape index (κ2) is 9.10. The summed E-state index contributed by atoms with van der Waals surface area (Å²) < 4.78 is 0.935. The Balaban J connectivity index is 1.87. The van der Waals surface area contributed by atoms with Crippen LogP contribution in [0.5, 0.6) is 0 Å². The number of aromatic nitrogens is 1. The predicted molar refractivity (Wildman–Crippen MR) is 118 cm³/mol. The highest BCUT2D eigenvalue weighted by atomic mass is 79.9. The zero-order valence-corrected chi connectivity index (χ0v) is 18.5. The molecule has 0 fully saturated rings. The molecule has 0 bridgehead atoms. The lowest BCUT2D eigenvalue weighted by Gasteiger charge is -2.10. The van der Waals surface area contributed by atoms with E-state index in [0.717, 1.165) is 20.6 Å². The Morgan fingerprint density at radius 1 is 1.31 bits per heavy atom. The molecule has 0 saturated heterocycles. The van der Waals surface area contributed by atoms with E-state index in [9.17, 15) is 15.3 Å². The minimum absolute atomic E-state index is 0.0793. The number of halogens is 1. The average Bonchev–Trinajstić information content (AvgIpc) is 3.22. The third-order valence-corrected chi connectivity index (χ3v) is 6.43. The quantitative estimate of drug-likeness (QED) is 0.521. The SMILES string of the molecule is Cc1cc(Br)ccc1NC(=O)CSc1[nH+]c(N)c(C#N)c(-c2cccs2)c1C#N. The smallest absolute Gasteiger partial charge is 0.289 e. The van der Waals surface area contributed by atoms with Crippen molar-refractivity contribution in [2.24, 2.45) is 0 Å². The zero-order chi connectivity index (χ0) is 21.0. The van der Waals surface area contributed by atoms with E-state index < -0.39 is 0 Å². The van der Waals surface area contributed by atoms with Gasteiger partial charge < -0.3 is 5.32 Å². The summed E-state index contributed by atoms with van der Waals surface area (Å²) in [7, 11) is 0. The monoisotopic (exact) mass is 484 g/mol. The number of H-pyrrole nitrogens is 1. The molecule has 0 aliphatic heterocycles. The summed E-state index contributed by atoms with van der Waals surface area (Å²) in [5.74, 6) is 0.0375. The summed E-state index contributed by atoms with van der Waals surface area (Å²) in [4.78, 5) is 16.1. The number of nitrogen functional groups attached to an aromatic ring is 1. The van der Waals surface area contributed by atoms with Crippen molar-refractivity contribution in [2.75, 3.05) is 16.8 Å². The minimum Gasteiger partial charge on any atom is -0.325 e. The van der Waals surface area contributed by atoms with Gasteiger partial charge in [-0.3, -0.25) is 10.5 Å². The predicted octanol–water partition coefficient (Wildman–Crippen LogP) is 4.36. The van der Waals surface area contributed by atoms with E-state index in [1.165, 1.54) is 23.1 Å². The first-order valence-corrected chi connectivity index (χ1v) is 11.0. The highest BCUT2D eigenvalue weighted by Gasteiger charge is 2.24. The van der Waals surface area contributed by atoms with Crippen LogP contribution in [0.4, 0.5) is 11.5 Å². The molecule has 0 saturated carbocycles. The van der Waals surface area contributed by atoms with Crippen LogP contribution in [-0.4, -0.2) is 11.7 Å². The van der Waals surface area contributed by atoms with E-state index in [2.05, 4.69) is 38.4 Å². The topological polar surface area (TPSA) is 117 Å². The van der Waals surface area contributed by atoms with Crippen molar-refractivity contribution >= 4 is 56.4 Å². The number of aromatic amines is 1. The second-order valence-electron chi connectivity index (χ2n) is 5.99. The van der Waals surface area contributed by atoms with E-state index in [0.29, 0.717) is 16.2 Å². The molecule has 29 heavy (non-hydrogen) atoms. The Morgan fingerprint density at radius 3 is 2.69 bits per heavy atom. The molecule has 0 unspecified atom stereocenters. The number of benzene rings is 1. The Morgan fingerprint density at radius 2 is 2.07 bits per heavy atom. The van der Waals surface area contributed by atoms with Gasteiger partial charge in [-0.2, -0.15) is 10.5 Å². The van der Waals surface area contributed by atoms with Crippen molar-refractivity contribution in [2.45, 2.75) is 11.9 Å². The molecular weight excluding hydrogens is 470 g/mol. The number of carbonyl (C=O) groups is 1. The van der Waals surface area contributed by atoms with Gasteiger partial charge in [0.1, 0.15) is 17.7 Å². The lowest BCUT2D eigenvalue weighted by molar-refractivity contribution is -0.410. The summed E-state index contributed by atoms with van der Waals surface area (Å²) in [5, 5.41) is 24.4. The van der Waals surface area contributed by atoms with Gasteiger partial charge in [0.25, 0.3) is 5.82 Å². The van der Waals surface area contributed by atoms with Crippen LogP contribution in [0.1, 0.15) is 16.7 Å². The number of aryl methyl sites for hydroxylation is 1. The van der Waals surface area contributed by atoms with Crippen LogP contribution in [0.3, 0.4) is 0 Å². The van der Waals surface area contributed by atoms with E-state index in [1.54, 1.807) is 0 Å². The number of nitrogens with one attached hydrogen (secondary N) is 2. The number of amides is 1. The molecule has 9 heteroatoms. The van der Waals surface area contributed by atoms with Crippen LogP contribution < -0.4 is 16.0 Å². The van der Waals surface area contributed by atoms with Gasteiger partial charge in [0.15, 0.2) is 10.6 Å². The van der Waals surface area contributed by atoms with Gasteiger partial charge in [0.05, 0.1) is 5.75 Å². The summed E-state index contributed by atoms with van der Waals surface area (Å²) in [6.07, 6.45) is 0. The van der Waals surface area contributed by atoms with Crippen LogP contribution in [0.25, 0.3) is 10.4 Å². The third kappa shape index (κ3) is 4.60. The zero-order valence-electron chi connectivity index (χ0n) is 15.2. The fraction of sp³-hybridized carbons (Fsp3) is 0.100. The Kier molecular flexibility index (Phi) is 6.55. The largest absolute Gasteiger partial charge is 0.325 e. The second-order valence-corrected chi connectivity index (χ2v) is 8.84. The number of pyridine rings is 1. The van der Waals surface area contributed by atoms with E-state index in [1.807, 2.05) is 42.6 Å². The highest BCUT2D eigenvalue weighted by Crippen LogP contribution is 2.36. The first-order chi connectivity index (χ1) is 13.9. The summed E-state index contributed by atoms with van der Waals surface area (Å²) in [6, 6.07) is 13.5. The number of thiophene rings is 1. The lowest BCUT2D eigenvalue weighted by Crippen LogP contribution is -2.21. The number of nitriles is 2. The molecule has 0 atom stereocenters. The molecule has 0 radical (unpaired) electrons. The Hall–Kier alpha value is -2.85. The van der Waals surface area contributed by atoms with Crippen molar-refractivity contribution in [1.82, 2.24) is 0 Å². The average molecular weight is 485 g/mol. The number of thioether (sulfide) groups is 1. The van der Waals surface area contributed by atoms with Crippen LogP contribution in [0.2, 0.25) is 0 Å². The maximum atomic E-state index is 12.4. The fourth-order valence-electron chi connectivity index (χ4n) is 2.71. The first-order valence-electron chi connectivity index (χ1n) is 8.36. The van der Waals surface area contributed by atoms with Crippen LogP contribution in [0, 0.1) is 29.6 Å².